The second-order valence-electron chi connectivity index (χ2n) is 5.71. The molecule has 0 bridgehead atoms. The highest BCUT2D eigenvalue weighted by Crippen LogP contribution is 2.51. The molecule has 0 atom stereocenters. The lowest BCUT2D eigenvalue weighted by molar-refractivity contribution is -0.361. The molecule has 0 saturated carbocycles. The van der Waals surface area contributed by atoms with Gasteiger partial charge in [0.2, 0.25) is 0 Å². The zero-order valence-corrected chi connectivity index (χ0v) is 14.3. The summed E-state index contributed by atoms with van der Waals surface area (Å²) < 4.78 is 123. The molecule has 0 spiro atoms. The Morgan fingerprint density at radius 2 is 1.55 bits per heavy atom. The summed E-state index contributed by atoms with van der Waals surface area (Å²) in [6.45, 7) is 0. The molecule has 13 heteroatoms. The second kappa shape index (κ2) is 6.71. The van der Waals surface area contributed by atoms with Gasteiger partial charge in [-0.3, -0.25) is 0 Å². The first kappa shape index (κ1) is 21.1. The summed E-state index contributed by atoms with van der Waals surface area (Å²) in [5.41, 5.74) is -0.922. The van der Waals surface area contributed by atoms with Crippen LogP contribution in [-0.4, -0.2) is 22.1 Å². The average Bonchev–Trinajstić information content (AvgIpc) is 2.99. The number of alkyl halides is 7. The van der Waals surface area contributed by atoms with Gasteiger partial charge in [0.15, 0.2) is 17.4 Å². The number of fused-ring (bicyclic) bond motifs is 1. The Morgan fingerprint density at radius 1 is 0.897 bits per heavy atom. The summed E-state index contributed by atoms with van der Waals surface area (Å²) in [7, 11) is 0. The van der Waals surface area contributed by atoms with Crippen molar-refractivity contribution in [3.63, 3.8) is 0 Å². The molecule has 1 aromatic heterocycles. The van der Waals surface area contributed by atoms with Crippen molar-refractivity contribution in [2.75, 3.05) is 0 Å². The van der Waals surface area contributed by atoms with Crippen molar-refractivity contribution in [2.45, 2.75) is 18.0 Å². The number of rotatable bonds is 4. The first-order valence-electron chi connectivity index (χ1n) is 7.39. The van der Waals surface area contributed by atoms with Crippen molar-refractivity contribution < 1.29 is 44.3 Å². The number of aromatic nitrogens is 2. The molecule has 0 saturated heterocycles. The third-order valence-electron chi connectivity index (χ3n) is 3.70. The van der Waals surface area contributed by atoms with E-state index in [1.807, 2.05) is 0 Å². The van der Waals surface area contributed by atoms with Crippen molar-refractivity contribution in [2.24, 2.45) is 0 Å². The Morgan fingerprint density at radius 3 is 2.14 bits per heavy atom. The van der Waals surface area contributed by atoms with Gasteiger partial charge < -0.3 is 9.72 Å². The predicted molar refractivity (Wildman–Crippen MR) is 82.4 cm³/mol. The predicted octanol–water partition coefficient (Wildman–Crippen LogP) is 6.58. The molecule has 2 aromatic carbocycles. The van der Waals surface area contributed by atoms with Crippen LogP contribution >= 0.6 is 11.6 Å². The van der Waals surface area contributed by atoms with Crippen molar-refractivity contribution in [3.8, 4) is 11.5 Å². The van der Waals surface area contributed by atoms with Crippen LogP contribution in [0.1, 0.15) is 5.82 Å². The van der Waals surface area contributed by atoms with Crippen LogP contribution in [0.2, 0.25) is 5.02 Å². The van der Waals surface area contributed by atoms with Gasteiger partial charge in [-0.05, 0) is 18.2 Å². The van der Waals surface area contributed by atoms with Crippen molar-refractivity contribution in [1.82, 2.24) is 9.97 Å². The summed E-state index contributed by atoms with van der Waals surface area (Å²) in [5, 5.41) is -0.356. The summed E-state index contributed by atoms with van der Waals surface area (Å²) in [4.78, 5) is 4.71. The number of H-pyrrole nitrogens is 1. The van der Waals surface area contributed by atoms with E-state index in [0.29, 0.717) is 6.07 Å². The van der Waals surface area contributed by atoms with Gasteiger partial charge in [0.05, 0.1) is 16.1 Å². The van der Waals surface area contributed by atoms with E-state index in [1.54, 1.807) is 4.98 Å². The molecule has 0 aliphatic carbocycles. The molecule has 1 heterocycles. The molecule has 3 nitrogen and oxygen atoms in total. The smallest absolute Gasteiger partial charge is 0.453 e. The van der Waals surface area contributed by atoms with E-state index in [1.165, 1.54) is 0 Å². The van der Waals surface area contributed by atoms with Gasteiger partial charge in [-0.1, -0.05) is 11.6 Å². The molecule has 0 unspecified atom stereocenters. The van der Waals surface area contributed by atoms with Crippen LogP contribution in [0.4, 0.5) is 39.5 Å². The first-order chi connectivity index (χ1) is 13.2. The Hall–Kier alpha value is -2.63. The molecule has 0 aliphatic heterocycles. The monoisotopic (exact) mass is 448 g/mol. The van der Waals surface area contributed by atoms with E-state index in [9.17, 15) is 39.5 Å². The maximum Gasteiger partial charge on any atom is 0.460 e. The molecular formula is C16H6ClF9N2O. The largest absolute Gasteiger partial charge is 0.460 e. The van der Waals surface area contributed by atoms with E-state index in [-0.39, 0.29) is 10.8 Å². The summed E-state index contributed by atoms with van der Waals surface area (Å²) in [6.07, 6.45) is -6.54. The Labute approximate surface area is 160 Å². The van der Waals surface area contributed by atoms with Crippen LogP contribution in [0.15, 0.2) is 30.3 Å². The van der Waals surface area contributed by atoms with Gasteiger partial charge >= 0.3 is 18.0 Å². The number of benzene rings is 2. The molecule has 0 radical (unpaired) electrons. The molecular weight excluding hydrogens is 443 g/mol. The number of ether oxygens (including phenoxy) is 1. The third-order valence-corrected chi connectivity index (χ3v) is 3.99. The topological polar surface area (TPSA) is 37.9 Å². The van der Waals surface area contributed by atoms with Crippen LogP contribution < -0.4 is 4.74 Å². The zero-order chi connectivity index (χ0) is 21.8. The molecule has 1 N–H and O–H groups in total. The quantitative estimate of drug-likeness (QED) is 0.458. The van der Waals surface area contributed by atoms with Crippen LogP contribution in [0.25, 0.3) is 11.0 Å². The summed E-state index contributed by atoms with van der Waals surface area (Å²) >= 11 is 5.83. The normalized spacial score (nSPS) is 13.2. The molecule has 0 amide bonds. The number of imidazole rings is 1. The van der Waals surface area contributed by atoms with Gasteiger partial charge in [-0.25, -0.2) is 13.8 Å². The van der Waals surface area contributed by atoms with Crippen LogP contribution in [0.3, 0.4) is 0 Å². The Balaban J connectivity index is 2.03. The van der Waals surface area contributed by atoms with E-state index < -0.39 is 52.3 Å². The number of hydrogen-bond donors (Lipinski definition) is 1. The molecule has 0 fully saturated rings. The highest BCUT2D eigenvalue weighted by Gasteiger charge is 2.74. The highest BCUT2D eigenvalue weighted by molar-refractivity contribution is 6.32. The molecule has 3 rings (SSSR count). The second-order valence-corrected chi connectivity index (χ2v) is 6.12. The molecule has 0 aliphatic rings. The fourth-order valence-corrected chi connectivity index (χ4v) is 2.44. The van der Waals surface area contributed by atoms with Crippen molar-refractivity contribution >= 4 is 22.6 Å². The van der Waals surface area contributed by atoms with Gasteiger partial charge in [-0.15, -0.1) is 0 Å². The van der Waals surface area contributed by atoms with E-state index in [0.717, 1.165) is 24.3 Å². The maximum atomic E-state index is 13.8. The van der Waals surface area contributed by atoms with Crippen LogP contribution in [-0.2, 0) is 5.92 Å². The zero-order valence-electron chi connectivity index (χ0n) is 13.5. The van der Waals surface area contributed by atoms with Gasteiger partial charge in [0.1, 0.15) is 11.6 Å². The molecule has 29 heavy (non-hydrogen) atoms. The number of halogens is 10. The number of nitrogens with one attached hydrogen (secondary N) is 1. The lowest BCUT2D eigenvalue weighted by Gasteiger charge is -2.26. The highest BCUT2D eigenvalue weighted by atomic mass is 35.5. The number of aromatic amines is 1. The lowest BCUT2D eigenvalue weighted by atomic mass is 10.1. The van der Waals surface area contributed by atoms with Crippen molar-refractivity contribution in [3.05, 3.63) is 52.8 Å². The van der Waals surface area contributed by atoms with E-state index in [4.69, 9.17) is 16.3 Å². The number of hydrogen-bond acceptors (Lipinski definition) is 2. The Kier molecular flexibility index (Phi) is 4.88. The van der Waals surface area contributed by atoms with Gasteiger partial charge in [0, 0.05) is 12.1 Å². The average molecular weight is 449 g/mol. The van der Waals surface area contributed by atoms with E-state index >= 15 is 0 Å². The minimum Gasteiger partial charge on any atom is -0.453 e. The standard InChI is InChI=1S/C16H6ClF9N2O/c17-7-4-9-10(5-12(7)29-11-2-1-6(18)3-8(11)19)28-13(27-9)14(20,21)15(22,23)16(24,25)26/h1-5H,(H,27,28). The first-order valence-corrected chi connectivity index (χ1v) is 7.77. The fourth-order valence-electron chi connectivity index (χ4n) is 2.24. The van der Waals surface area contributed by atoms with Crippen LogP contribution in [0.5, 0.6) is 11.5 Å². The molecule has 3 aromatic rings. The third kappa shape index (κ3) is 3.56. The minimum atomic E-state index is -6.54. The summed E-state index contributed by atoms with van der Waals surface area (Å²) in [6, 6.07) is 3.88. The molecule has 156 valence electrons. The minimum absolute atomic E-state index is 0.356. The van der Waals surface area contributed by atoms with Crippen molar-refractivity contribution in [1.29, 1.82) is 0 Å². The maximum absolute atomic E-state index is 13.8. The number of nitrogens with zero attached hydrogens (tertiary/aromatic N) is 1. The SMILES string of the molecule is Fc1ccc(Oc2cc3[nH]c(C(F)(F)C(F)(F)C(F)(F)F)nc3cc2Cl)c(F)c1. The lowest BCUT2D eigenvalue weighted by Crippen LogP contribution is -2.50. The Bertz CT molecular complexity index is 1080. The summed E-state index contributed by atoms with van der Waals surface area (Å²) in [5.74, 6) is -17.0. The van der Waals surface area contributed by atoms with E-state index in [2.05, 4.69) is 4.98 Å². The van der Waals surface area contributed by atoms with Gasteiger partial charge in [0.25, 0.3) is 0 Å². The van der Waals surface area contributed by atoms with Crippen LogP contribution in [0, 0.1) is 11.6 Å². The van der Waals surface area contributed by atoms with Gasteiger partial charge in [-0.2, -0.15) is 30.7 Å². The fraction of sp³-hybridized carbons (Fsp3) is 0.188.